The van der Waals surface area contributed by atoms with Crippen molar-refractivity contribution in [1.82, 2.24) is 0 Å². The summed E-state index contributed by atoms with van der Waals surface area (Å²) in [6.07, 6.45) is 2.13. The van der Waals surface area contributed by atoms with Crippen LogP contribution >= 0.6 is 0 Å². The molecule has 0 fully saturated rings. The molecule has 0 unspecified atom stereocenters. The molecule has 0 saturated heterocycles. The molecule has 0 N–H and O–H groups in total. The molecule has 0 atom stereocenters. The summed E-state index contributed by atoms with van der Waals surface area (Å²) in [5, 5.41) is 3.01. The van der Waals surface area contributed by atoms with Crippen LogP contribution in [0.15, 0.2) is 134 Å². The molecule has 0 nitrogen and oxygen atoms in total. The van der Waals surface area contributed by atoms with Crippen molar-refractivity contribution in [2.24, 2.45) is 0 Å². The molecule has 0 saturated carbocycles. The highest BCUT2D eigenvalue weighted by atomic mass is 28.3. The molecule has 0 amide bonds. The smallest absolute Gasteiger partial charge is 0.103 e. The van der Waals surface area contributed by atoms with Crippen molar-refractivity contribution in [1.29, 1.82) is 0 Å². The first kappa shape index (κ1) is 21.2. The summed E-state index contributed by atoms with van der Waals surface area (Å²) in [6.45, 7) is 6.74. The van der Waals surface area contributed by atoms with E-state index in [0.29, 0.717) is 0 Å². The van der Waals surface area contributed by atoms with Crippen LogP contribution < -0.4 is 0 Å². The molecule has 1 heterocycles. The van der Waals surface area contributed by atoms with Crippen molar-refractivity contribution in [3.8, 4) is 0 Å². The van der Waals surface area contributed by atoms with Crippen LogP contribution in [0.5, 0.6) is 0 Å². The molecular weight excluding hydrogens is 412 g/mol. The summed E-state index contributed by atoms with van der Waals surface area (Å²) in [6, 6.07) is 44.9. The Balaban J connectivity index is 1.95. The average molecular weight is 441 g/mol. The Labute approximate surface area is 198 Å². The van der Waals surface area contributed by atoms with Gasteiger partial charge < -0.3 is 0 Å². The zero-order chi connectivity index (χ0) is 22.7. The summed E-state index contributed by atoms with van der Waals surface area (Å²) in [7, 11) is -2.18. The minimum absolute atomic E-state index is 0.994. The molecule has 1 aliphatic rings. The maximum Gasteiger partial charge on any atom is 0.122 e. The standard InChI is InChI=1S/C32H28Si/c1-3-24-33(2)31(27-20-12-6-13-21-27)29(25-16-8-4-9-17-25)30(26-18-10-5-11-19-26)32(33)28-22-14-7-15-23-28/h3-23H,1,24H2,2H3. The molecule has 1 aliphatic heterocycles. The Kier molecular flexibility index (Phi) is 5.81. The van der Waals surface area contributed by atoms with Gasteiger partial charge in [0.1, 0.15) is 8.07 Å². The second-order valence-electron chi connectivity index (χ2n) is 8.79. The minimum Gasteiger partial charge on any atom is -0.103 e. The van der Waals surface area contributed by atoms with Crippen molar-refractivity contribution >= 4 is 29.6 Å². The van der Waals surface area contributed by atoms with Crippen molar-refractivity contribution in [2.75, 3.05) is 0 Å². The van der Waals surface area contributed by atoms with Crippen LogP contribution in [-0.2, 0) is 0 Å². The van der Waals surface area contributed by atoms with Gasteiger partial charge in [0.15, 0.2) is 0 Å². The monoisotopic (exact) mass is 440 g/mol. The molecule has 4 aromatic carbocycles. The Morgan fingerprint density at radius 3 is 1.12 bits per heavy atom. The van der Waals surface area contributed by atoms with Gasteiger partial charge in [-0.2, -0.15) is 0 Å². The van der Waals surface area contributed by atoms with Crippen molar-refractivity contribution < 1.29 is 0 Å². The second kappa shape index (κ2) is 9.05. The van der Waals surface area contributed by atoms with Gasteiger partial charge in [-0.1, -0.05) is 134 Å². The normalized spacial score (nSPS) is 15.1. The van der Waals surface area contributed by atoms with E-state index in [4.69, 9.17) is 0 Å². The van der Waals surface area contributed by atoms with E-state index in [-0.39, 0.29) is 0 Å². The first-order chi connectivity index (χ1) is 16.2. The molecule has 33 heavy (non-hydrogen) atoms. The minimum atomic E-state index is -2.18. The Bertz CT molecular complexity index is 1220. The Hall–Kier alpha value is -3.68. The molecule has 4 aromatic rings. The zero-order valence-electron chi connectivity index (χ0n) is 19.0. The van der Waals surface area contributed by atoms with Crippen LogP contribution in [0.2, 0.25) is 12.6 Å². The summed E-state index contributed by atoms with van der Waals surface area (Å²) in [5.74, 6) is 0. The van der Waals surface area contributed by atoms with E-state index in [1.54, 1.807) is 0 Å². The molecule has 160 valence electrons. The third-order valence-corrected chi connectivity index (χ3v) is 11.0. The van der Waals surface area contributed by atoms with Crippen LogP contribution in [-0.4, -0.2) is 8.07 Å². The quantitative estimate of drug-likeness (QED) is 0.208. The van der Waals surface area contributed by atoms with E-state index in [9.17, 15) is 0 Å². The van der Waals surface area contributed by atoms with Crippen LogP contribution in [0.1, 0.15) is 22.3 Å². The molecule has 0 aromatic heterocycles. The van der Waals surface area contributed by atoms with E-state index >= 15 is 0 Å². The lowest BCUT2D eigenvalue weighted by Crippen LogP contribution is -2.32. The first-order valence-electron chi connectivity index (χ1n) is 11.6. The van der Waals surface area contributed by atoms with E-state index in [2.05, 4.69) is 141 Å². The lowest BCUT2D eigenvalue weighted by Gasteiger charge is -2.30. The van der Waals surface area contributed by atoms with Crippen molar-refractivity contribution in [3.05, 3.63) is 156 Å². The second-order valence-corrected chi connectivity index (χ2v) is 12.9. The number of benzene rings is 4. The largest absolute Gasteiger partial charge is 0.122 e. The van der Waals surface area contributed by atoms with Crippen LogP contribution in [0.25, 0.3) is 21.5 Å². The highest BCUT2D eigenvalue weighted by Gasteiger charge is 2.46. The maximum absolute atomic E-state index is 4.21. The zero-order valence-corrected chi connectivity index (χ0v) is 20.0. The van der Waals surface area contributed by atoms with E-state index < -0.39 is 8.07 Å². The number of rotatable bonds is 6. The Morgan fingerprint density at radius 1 is 0.515 bits per heavy atom. The summed E-state index contributed by atoms with van der Waals surface area (Å²) in [5.41, 5.74) is 7.97. The third kappa shape index (κ3) is 3.75. The van der Waals surface area contributed by atoms with Crippen LogP contribution in [0.3, 0.4) is 0 Å². The summed E-state index contributed by atoms with van der Waals surface area (Å²) >= 11 is 0. The predicted molar refractivity (Wildman–Crippen MR) is 146 cm³/mol. The van der Waals surface area contributed by atoms with Gasteiger partial charge in [0.05, 0.1) is 0 Å². The van der Waals surface area contributed by atoms with Gasteiger partial charge in [0, 0.05) is 0 Å². The fraction of sp³-hybridized carbons (Fsp3) is 0.0625. The topological polar surface area (TPSA) is 0 Å². The predicted octanol–water partition coefficient (Wildman–Crippen LogP) is 8.57. The SMILES string of the molecule is C=CC[Si]1(C)C(c2ccccc2)=C(c2ccccc2)C(c2ccccc2)=C1c1ccccc1. The van der Waals surface area contributed by atoms with Gasteiger partial charge >= 0.3 is 0 Å². The molecule has 1 heteroatoms. The van der Waals surface area contributed by atoms with Crippen LogP contribution in [0, 0.1) is 0 Å². The van der Waals surface area contributed by atoms with E-state index in [1.165, 1.54) is 43.8 Å². The Morgan fingerprint density at radius 2 is 0.818 bits per heavy atom. The van der Waals surface area contributed by atoms with Crippen LogP contribution in [0.4, 0.5) is 0 Å². The summed E-state index contributed by atoms with van der Waals surface area (Å²) in [4.78, 5) is 0. The van der Waals surface area contributed by atoms with Gasteiger partial charge in [-0.3, -0.25) is 0 Å². The van der Waals surface area contributed by atoms with Gasteiger partial charge in [-0.25, -0.2) is 0 Å². The first-order valence-corrected chi connectivity index (χ1v) is 14.3. The molecule has 5 rings (SSSR count). The third-order valence-electron chi connectivity index (χ3n) is 6.66. The van der Waals surface area contributed by atoms with Gasteiger partial charge in [0.2, 0.25) is 0 Å². The highest BCUT2D eigenvalue weighted by Crippen LogP contribution is 2.56. The summed E-state index contributed by atoms with van der Waals surface area (Å²) < 4.78 is 0. The van der Waals surface area contributed by atoms with Crippen molar-refractivity contribution in [2.45, 2.75) is 12.6 Å². The molecular formula is C32H28Si. The highest BCUT2D eigenvalue weighted by molar-refractivity contribution is 7.14. The number of hydrogen-bond donors (Lipinski definition) is 0. The number of hydrogen-bond acceptors (Lipinski definition) is 0. The van der Waals surface area contributed by atoms with Gasteiger partial charge in [-0.15, -0.1) is 6.58 Å². The van der Waals surface area contributed by atoms with Gasteiger partial charge in [-0.05, 0) is 49.8 Å². The van der Waals surface area contributed by atoms with E-state index in [1.807, 2.05) is 0 Å². The van der Waals surface area contributed by atoms with E-state index in [0.717, 1.165) is 6.04 Å². The average Bonchev–Trinajstić information content (AvgIpc) is 3.15. The molecule has 0 spiro atoms. The lowest BCUT2D eigenvalue weighted by molar-refractivity contribution is 1.55. The molecule has 0 radical (unpaired) electrons. The van der Waals surface area contributed by atoms with Crippen molar-refractivity contribution in [3.63, 3.8) is 0 Å². The number of allylic oxidation sites excluding steroid dienone is 3. The fourth-order valence-electron chi connectivity index (χ4n) is 5.34. The molecule has 0 aliphatic carbocycles. The van der Waals surface area contributed by atoms with Gasteiger partial charge in [0.25, 0.3) is 0 Å². The molecule has 0 bridgehead atoms. The maximum atomic E-state index is 4.21. The fourth-order valence-corrected chi connectivity index (χ4v) is 9.83. The lowest BCUT2D eigenvalue weighted by atomic mass is 9.89.